The lowest BCUT2D eigenvalue weighted by atomic mass is 10.1. The molecule has 156 valence electrons. The number of anilines is 1. The van der Waals surface area contributed by atoms with Crippen molar-refractivity contribution in [1.82, 2.24) is 25.0 Å². The van der Waals surface area contributed by atoms with Crippen LogP contribution >= 0.6 is 23.2 Å². The van der Waals surface area contributed by atoms with Crippen molar-refractivity contribution in [2.45, 2.75) is 6.54 Å². The van der Waals surface area contributed by atoms with Gasteiger partial charge in [-0.05, 0) is 42.0 Å². The number of nitrogens with one attached hydrogen (secondary N) is 2. The van der Waals surface area contributed by atoms with E-state index in [0.29, 0.717) is 33.8 Å². The molecule has 3 heterocycles. The van der Waals surface area contributed by atoms with Crippen LogP contribution in [0.1, 0.15) is 16.1 Å². The molecule has 31 heavy (non-hydrogen) atoms. The predicted octanol–water partition coefficient (Wildman–Crippen LogP) is 4.00. The van der Waals surface area contributed by atoms with Crippen LogP contribution in [0.25, 0.3) is 11.3 Å². The van der Waals surface area contributed by atoms with Crippen molar-refractivity contribution in [3.8, 4) is 22.8 Å². The minimum atomic E-state index is -0.410. The molecule has 1 aliphatic rings. The molecule has 0 saturated heterocycles. The summed E-state index contributed by atoms with van der Waals surface area (Å²) in [5, 5.41) is 14.8. The normalized spacial score (nSPS) is 12.2. The highest BCUT2D eigenvalue weighted by Gasteiger charge is 2.17. The summed E-state index contributed by atoms with van der Waals surface area (Å²) >= 11 is 12.0. The molecule has 2 aromatic heterocycles. The molecular weight excluding hydrogens is 443 g/mol. The average Bonchev–Trinajstić information content (AvgIpc) is 3.50. The number of aromatic amines is 1. The first-order chi connectivity index (χ1) is 15.0. The smallest absolute Gasteiger partial charge is 0.276 e. The highest BCUT2D eigenvalue weighted by Crippen LogP contribution is 2.35. The largest absolute Gasteiger partial charge is 0.454 e. The maximum Gasteiger partial charge on any atom is 0.276 e. The molecule has 0 bridgehead atoms. The van der Waals surface area contributed by atoms with Gasteiger partial charge in [0.05, 0.1) is 22.3 Å². The summed E-state index contributed by atoms with van der Waals surface area (Å²) in [5.41, 5.74) is 2.57. The molecule has 11 heteroatoms. The quantitative estimate of drug-likeness (QED) is 0.469. The van der Waals surface area contributed by atoms with Crippen molar-refractivity contribution in [1.29, 1.82) is 0 Å². The van der Waals surface area contributed by atoms with Crippen LogP contribution in [0.3, 0.4) is 0 Å². The number of amides is 1. The van der Waals surface area contributed by atoms with E-state index in [9.17, 15) is 4.79 Å². The number of H-pyrrole nitrogens is 1. The van der Waals surface area contributed by atoms with Gasteiger partial charge in [-0.2, -0.15) is 5.10 Å². The predicted molar refractivity (Wildman–Crippen MR) is 114 cm³/mol. The number of benzene rings is 2. The molecule has 0 atom stereocenters. The first-order valence-corrected chi connectivity index (χ1v) is 9.91. The lowest BCUT2D eigenvalue weighted by molar-refractivity contribution is 0.102. The number of carbonyl (C=O) groups is 1. The Bertz CT molecular complexity index is 1290. The van der Waals surface area contributed by atoms with Gasteiger partial charge in [0, 0.05) is 5.56 Å². The number of halogens is 2. The van der Waals surface area contributed by atoms with Gasteiger partial charge >= 0.3 is 0 Å². The number of nitrogens with zero attached hydrogens (tertiary/aromatic N) is 4. The van der Waals surface area contributed by atoms with E-state index >= 15 is 0 Å². The fourth-order valence-corrected chi connectivity index (χ4v) is 3.38. The summed E-state index contributed by atoms with van der Waals surface area (Å²) in [6.45, 7) is 0.621. The Morgan fingerprint density at radius 2 is 1.97 bits per heavy atom. The summed E-state index contributed by atoms with van der Waals surface area (Å²) < 4.78 is 12.3. The van der Waals surface area contributed by atoms with Gasteiger partial charge in [-0.15, -0.1) is 5.10 Å². The van der Waals surface area contributed by atoms with Crippen LogP contribution in [0.5, 0.6) is 11.5 Å². The monoisotopic (exact) mass is 456 g/mol. The zero-order valence-electron chi connectivity index (χ0n) is 15.8. The summed E-state index contributed by atoms with van der Waals surface area (Å²) in [7, 11) is 0. The maximum atomic E-state index is 12.5. The Balaban J connectivity index is 1.26. The van der Waals surface area contributed by atoms with Gasteiger partial charge in [0.2, 0.25) is 12.7 Å². The lowest BCUT2D eigenvalue weighted by Gasteiger charge is -2.03. The highest BCUT2D eigenvalue weighted by molar-refractivity contribution is 6.42. The first-order valence-electron chi connectivity index (χ1n) is 9.15. The summed E-state index contributed by atoms with van der Waals surface area (Å²) in [6, 6.07) is 12.4. The van der Waals surface area contributed by atoms with Crippen LogP contribution in [-0.2, 0) is 6.54 Å². The van der Waals surface area contributed by atoms with Crippen molar-refractivity contribution in [2.24, 2.45) is 0 Å². The number of hydrogen-bond acceptors (Lipinski definition) is 6. The molecule has 0 saturated carbocycles. The Labute approximate surface area is 185 Å². The Hall–Kier alpha value is -3.56. The van der Waals surface area contributed by atoms with Gasteiger partial charge in [-0.3, -0.25) is 15.2 Å². The molecule has 0 aliphatic carbocycles. The average molecular weight is 457 g/mol. The molecule has 0 spiro atoms. The molecule has 0 unspecified atom stereocenters. The van der Waals surface area contributed by atoms with E-state index in [0.717, 1.165) is 11.1 Å². The SMILES string of the molecule is O=C(Nc1ncn(Cc2ccc(Cl)c(Cl)c2)n1)c1cc(-c2ccc3c(c2)OCO3)n[nH]1. The minimum absolute atomic E-state index is 0.171. The van der Waals surface area contributed by atoms with E-state index in [1.54, 1.807) is 28.9 Å². The standard InChI is InChI=1S/C20H14Cl2N6O3/c21-13-3-1-11(5-14(13)22)8-28-9-23-20(27-28)24-19(29)16-7-15(25-26-16)12-2-4-17-18(6-12)31-10-30-17/h1-7,9H,8,10H2,(H,25,26)(H,24,27,29). The number of hydrogen-bond donors (Lipinski definition) is 2. The van der Waals surface area contributed by atoms with Gasteiger partial charge in [-0.1, -0.05) is 29.3 Å². The van der Waals surface area contributed by atoms with Gasteiger partial charge < -0.3 is 9.47 Å². The topological polar surface area (TPSA) is 107 Å². The van der Waals surface area contributed by atoms with Crippen LogP contribution in [0.15, 0.2) is 48.8 Å². The zero-order chi connectivity index (χ0) is 21.4. The second kappa shape index (κ2) is 7.93. The van der Waals surface area contributed by atoms with E-state index in [-0.39, 0.29) is 18.4 Å². The van der Waals surface area contributed by atoms with Crippen molar-refractivity contribution in [2.75, 3.05) is 12.1 Å². The van der Waals surface area contributed by atoms with Gasteiger partial charge in [-0.25, -0.2) is 9.67 Å². The molecule has 4 aromatic rings. The molecule has 5 rings (SSSR count). The van der Waals surface area contributed by atoms with E-state index in [1.165, 1.54) is 6.33 Å². The van der Waals surface area contributed by atoms with Crippen LogP contribution in [0.2, 0.25) is 10.0 Å². The third-order valence-corrected chi connectivity index (χ3v) is 5.32. The van der Waals surface area contributed by atoms with E-state index in [4.69, 9.17) is 32.7 Å². The van der Waals surface area contributed by atoms with Crippen LogP contribution in [0.4, 0.5) is 5.95 Å². The van der Waals surface area contributed by atoms with Gasteiger partial charge in [0.1, 0.15) is 12.0 Å². The maximum absolute atomic E-state index is 12.5. The molecule has 1 amide bonds. The molecule has 0 fully saturated rings. The number of rotatable bonds is 5. The van der Waals surface area contributed by atoms with Gasteiger partial charge in [0.25, 0.3) is 5.91 Å². The minimum Gasteiger partial charge on any atom is -0.454 e. The fraction of sp³-hybridized carbons (Fsp3) is 0.100. The summed E-state index contributed by atoms with van der Waals surface area (Å²) in [6.07, 6.45) is 1.52. The fourth-order valence-electron chi connectivity index (χ4n) is 3.06. The van der Waals surface area contributed by atoms with Crippen molar-refractivity contribution in [3.05, 3.63) is 70.1 Å². The summed E-state index contributed by atoms with van der Waals surface area (Å²) in [5.74, 6) is 1.08. The summed E-state index contributed by atoms with van der Waals surface area (Å²) in [4.78, 5) is 16.7. The van der Waals surface area contributed by atoms with E-state index in [2.05, 4.69) is 25.6 Å². The molecular formula is C20H14Cl2N6O3. The molecule has 2 aromatic carbocycles. The second-order valence-electron chi connectivity index (χ2n) is 6.70. The lowest BCUT2D eigenvalue weighted by Crippen LogP contribution is -2.14. The zero-order valence-corrected chi connectivity index (χ0v) is 17.3. The first kappa shape index (κ1) is 19.4. The van der Waals surface area contributed by atoms with Crippen molar-refractivity contribution < 1.29 is 14.3 Å². The Kier molecular flexibility index (Phi) is 4.97. The molecule has 9 nitrogen and oxygen atoms in total. The van der Waals surface area contributed by atoms with Crippen LogP contribution in [0, 0.1) is 0 Å². The number of carbonyl (C=O) groups excluding carboxylic acids is 1. The van der Waals surface area contributed by atoms with E-state index in [1.807, 2.05) is 18.2 Å². The molecule has 1 aliphatic heterocycles. The van der Waals surface area contributed by atoms with Crippen LogP contribution < -0.4 is 14.8 Å². The third kappa shape index (κ3) is 4.05. The van der Waals surface area contributed by atoms with Gasteiger partial charge in [0.15, 0.2) is 11.5 Å². The molecule has 0 radical (unpaired) electrons. The number of fused-ring (bicyclic) bond motifs is 1. The Morgan fingerprint density at radius 1 is 1.10 bits per heavy atom. The van der Waals surface area contributed by atoms with E-state index < -0.39 is 5.91 Å². The van der Waals surface area contributed by atoms with Crippen molar-refractivity contribution in [3.63, 3.8) is 0 Å². The van der Waals surface area contributed by atoms with Crippen LogP contribution in [-0.4, -0.2) is 37.7 Å². The highest BCUT2D eigenvalue weighted by atomic mass is 35.5. The molecule has 2 N–H and O–H groups in total. The number of aromatic nitrogens is 5. The van der Waals surface area contributed by atoms with Crippen molar-refractivity contribution >= 4 is 35.1 Å². The third-order valence-electron chi connectivity index (χ3n) is 4.58. The Morgan fingerprint density at radius 3 is 2.84 bits per heavy atom. The second-order valence-corrected chi connectivity index (χ2v) is 7.52. The number of ether oxygens (including phenoxy) is 2.